The molecule has 12 heteroatoms. The number of hydrogen-bond donors (Lipinski definition) is 3. The summed E-state index contributed by atoms with van der Waals surface area (Å²) in [5.41, 5.74) is 1.89. The van der Waals surface area contributed by atoms with Crippen molar-refractivity contribution in [1.82, 2.24) is 34.5 Å². The molecule has 0 bridgehead atoms. The van der Waals surface area contributed by atoms with E-state index < -0.39 is 5.69 Å². The van der Waals surface area contributed by atoms with E-state index in [1.807, 2.05) is 24.2 Å². The maximum atomic E-state index is 11.6. The van der Waals surface area contributed by atoms with E-state index >= 15 is 0 Å². The number of imidazole rings is 1. The van der Waals surface area contributed by atoms with Gasteiger partial charge in [0.1, 0.15) is 11.5 Å². The second-order valence-electron chi connectivity index (χ2n) is 9.04. The molecule has 180 valence electrons. The molecule has 5 heterocycles. The number of nitrogens with zero attached hydrogens (tertiary/aromatic N) is 8. The van der Waals surface area contributed by atoms with Crippen LogP contribution in [0.2, 0.25) is 0 Å². The number of rotatable bonds is 6. The Morgan fingerprint density at radius 1 is 1.26 bits per heavy atom. The number of aromatic amines is 2. The first-order valence-electron chi connectivity index (χ1n) is 11.8. The number of anilines is 2. The van der Waals surface area contributed by atoms with E-state index in [4.69, 9.17) is 15.0 Å². The van der Waals surface area contributed by atoms with E-state index in [0.717, 1.165) is 37.3 Å². The van der Waals surface area contributed by atoms with Crippen molar-refractivity contribution in [2.24, 2.45) is 4.99 Å². The summed E-state index contributed by atoms with van der Waals surface area (Å²) >= 11 is 0. The highest BCUT2D eigenvalue weighted by atomic mass is 16.3. The summed E-state index contributed by atoms with van der Waals surface area (Å²) in [6.07, 6.45) is 9.51. The van der Waals surface area contributed by atoms with Crippen LogP contribution in [0.5, 0.6) is 5.88 Å². The molecule has 4 aromatic heterocycles. The summed E-state index contributed by atoms with van der Waals surface area (Å²) in [4.78, 5) is 39.7. The predicted octanol–water partition coefficient (Wildman–Crippen LogP) is 0.0887. The molecule has 0 radical (unpaired) electrons. The Morgan fingerprint density at radius 2 is 2.09 bits per heavy atom. The van der Waals surface area contributed by atoms with Crippen LogP contribution in [0.3, 0.4) is 0 Å². The molecule has 1 saturated heterocycles. The lowest BCUT2D eigenvalue weighted by atomic mass is 10.2. The van der Waals surface area contributed by atoms with Crippen molar-refractivity contribution in [3.05, 3.63) is 57.1 Å². The molecule has 35 heavy (non-hydrogen) atoms. The molecule has 1 aliphatic heterocycles. The van der Waals surface area contributed by atoms with E-state index in [0.29, 0.717) is 29.0 Å². The highest BCUT2D eigenvalue weighted by Gasteiger charge is 2.22. The monoisotopic (exact) mass is 474 g/mol. The van der Waals surface area contributed by atoms with Gasteiger partial charge in [-0.3, -0.25) is 4.98 Å². The van der Waals surface area contributed by atoms with Crippen molar-refractivity contribution < 1.29 is 5.11 Å². The van der Waals surface area contributed by atoms with E-state index in [1.165, 1.54) is 12.8 Å². The average molecular weight is 475 g/mol. The lowest BCUT2D eigenvalue weighted by Crippen LogP contribution is -2.29. The van der Waals surface area contributed by atoms with Gasteiger partial charge in [0.05, 0.1) is 12.2 Å². The number of fused-ring (bicyclic) bond motifs is 1. The van der Waals surface area contributed by atoms with Crippen molar-refractivity contribution in [2.45, 2.75) is 38.3 Å². The summed E-state index contributed by atoms with van der Waals surface area (Å²) in [7, 11) is 1.95. The standard InChI is InChI=1S/C23H26N10O2/c1-31(13-14-5-4-8-24-18(14)32-9-2-3-10-32)21-28-19-15(11-17-20(34)29-23(35)27-17)12-25-33(19)22(30-21)26-16-6-7-16/h4-5,8,11-12,16,34H,2-3,6-7,9-10,13H2,1H3,(H2,27,29,35)/b15-11+,26-22?. The summed E-state index contributed by atoms with van der Waals surface area (Å²) in [6, 6.07) is 4.29. The normalized spacial score (nSPS) is 17.1. The van der Waals surface area contributed by atoms with Crippen LogP contribution in [0.1, 0.15) is 36.9 Å². The molecule has 0 amide bonds. The molecule has 0 spiro atoms. The molecular formula is C23H26N10O2. The van der Waals surface area contributed by atoms with Crippen LogP contribution in [0.25, 0.3) is 11.7 Å². The Balaban J connectivity index is 1.43. The van der Waals surface area contributed by atoms with Crippen molar-refractivity contribution in [3.63, 3.8) is 0 Å². The molecule has 0 atom stereocenters. The summed E-state index contributed by atoms with van der Waals surface area (Å²) in [6.45, 7) is 2.62. The zero-order chi connectivity index (χ0) is 23.9. The third-order valence-electron chi connectivity index (χ3n) is 6.27. The Morgan fingerprint density at radius 3 is 2.83 bits per heavy atom. The first-order valence-corrected chi connectivity index (χ1v) is 11.8. The SMILES string of the molecule is CN(Cc1cccnc1N1CCCC1)c1nc(=NC2CC2)n2nc/c(=C\c3[nH]c(=O)[nH]c3O)c2n1. The minimum absolute atomic E-state index is 0.241. The zero-order valence-electron chi connectivity index (χ0n) is 19.3. The zero-order valence-corrected chi connectivity index (χ0v) is 19.3. The van der Waals surface area contributed by atoms with Crippen LogP contribution in [-0.2, 0) is 6.54 Å². The molecule has 2 fully saturated rings. The molecule has 1 saturated carbocycles. The third kappa shape index (κ3) is 4.22. The smallest absolute Gasteiger partial charge is 0.326 e. The van der Waals surface area contributed by atoms with Gasteiger partial charge >= 0.3 is 5.69 Å². The minimum atomic E-state index is -0.491. The van der Waals surface area contributed by atoms with Gasteiger partial charge in [-0.25, -0.2) is 14.8 Å². The summed E-state index contributed by atoms with van der Waals surface area (Å²) in [5, 5.41) is 15.0. The lowest BCUT2D eigenvalue weighted by molar-refractivity contribution is 0.454. The van der Waals surface area contributed by atoms with Crippen LogP contribution >= 0.6 is 0 Å². The number of H-pyrrole nitrogens is 2. The highest BCUT2D eigenvalue weighted by Crippen LogP contribution is 2.24. The van der Waals surface area contributed by atoms with Crippen LogP contribution in [0, 0.1) is 0 Å². The Bertz CT molecular complexity index is 1560. The second kappa shape index (κ2) is 8.53. The van der Waals surface area contributed by atoms with Gasteiger partial charge in [-0.2, -0.15) is 19.6 Å². The van der Waals surface area contributed by atoms with Gasteiger partial charge in [0.2, 0.25) is 11.8 Å². The Labute approximate surface area is 199 Å². The molecule has 6 rings (SSSR count). The molecule has 0 aromatic carbocycles. The first-order chi connectivity index (χ1) is 17.0. The van der Waals surface area contributed by atoms with Crippen LogP contribution in [0.15, 0.2) is 34.3 Å². The second-order valence-corrected chi connectivity index (χ2v) is 9.04. The Kier molecular flexibility index (Phi) is 5.20. The minimum Gasteiger partial charge on any atom is -0.493 e. The van der Waals surface area contributed by atoms with E-state index in [2.05, 4.69) is 31.0 Å². The molecule has 12 nitrogen and oxygen atoms in total. The highest BCUT2D eigenvalue weighted by molar-refractivity contribution is 5.57. The van der Waals surface area contributed by atoms with Gasteiger partial charge in [-0.05, 0) is 37.8 Å². The molecule has 3 N–H and O–H groups in total. The van der Waals surface area contributed by atoms with Gasteiger partial charge in [0.25, 0.3) is 5.62 Å². The summed E-state index contributed by atoms with van der Waals surface area (Å²) < 4.78 is 1.60. The largest absolute Gasteiger partial charge is 0.493 e. The van der Waals surface area contributed by atoms with E-state index in [9.17, 15) is 9.90 Å². The summed E-state index contributed by atoms with van der Waals surface area (Å²) in [5.74, 6) is 1.27. The van der Waals surface area contributed by atoms with Crippen LogP contribution in [-0.4, -0.2) is 65.8 Å². The number of hydrogen-bond acceptors (Lipinski definition) is 9. The fourth-order valence-electron chi connectivity index (χ4n) is 4.33. The average Bonchev–Trinajstić information content (AvgIpc) is 3.20. The van der Waals surface area contributed by atoms with Gasteiger partial charge in [0, 0.05) is 43.7 Å². The van der Waals surface area contributed by atoms with Crippen molar-refractivity contribution in [2.75, 3.05) is 29.9 Å². The van der Waals surface area contributed by atoms with Crippen molar-refractivity contribution >= 4 is 23.5 Å². The molecular weight excluding hydrogens is 448 g/mol. The van der Waals surface area contributed by atoms with Crippen molar-refractivity contribution in [1.29, 1.82) is 0 Å². The van der Waals surface area contributed by atoms with Gasteiger partial charge < -0.3 is 19.9 Å². The topological polar surface area (TPSA) is 144 Å². The number of nitrogens with one attached hydrogen (secondary N) is 2. The number of aromatic nitrogens is 7. The van der Waals surface area contributed by atoms with Crippen LogP contribution < -0.4 is 26.3 Å². The van der Waals surface area contributed by atoms with Crippen molar-refractivity contribution in [3.8, 4) is 5.88 Å². The van der Waals surface area contributed by atoms with Gasteiger partial charge in [0.15, 0.2) is 5.65 Å². The third-order valence-corrected chi connectivity index (χ3v) is 6.27. The molecule has 4 aromatic rings. The first kappa shape index (κ1) is 21.3. The van der Waals surface area contributed by atoms with Gasteiger partial charge in [-0.15, -0.1) is 0 Å². The number of aromatic hydroxyl groups is 1. The van der Waals surface area contributed by atoms with Gasteiger partial charge in [-0.1, -0.05) is 6.07 Å². The van der Waals surface area contributed by atoms with E-state index in [-0.39, 0.29) is 17.6 Å². The molecule has 2 aliphatic rings. The fourth-order valence-corrected chi connectivity index (χ4v) is 4.33. The quantitative estimate of drug-likeness (QED) is 0.357. The number of pyridine rings is 1. The van der Waals surface area contributed by atoms with Crippen LogP contribution in [0.4, 0.5) is 11.8 Å². The Hall–Kier alpha value is -4.22. The van der Waals surface area contributed by atoms with E-state index in [1.54, 1.807) is 16.8 Å². The molecule has 1 aliphatic carbocycles. The maximum Gasteiger partial charge on any atom is 0.326 e. The molecule has 0 unspecified atom stereocenters. The lowest BCUT2D eigenvalue weighted by Gasteiger charge is -2.23. The predicted molar refractivity (Wildman–Crippen MR) is 129 cm³/mol. The fraction of sp³-hybridized carbons (Fsp3) is 0.391. The maximum absolute atomic E-state index is 11.6.